The monoisotopic (exact) mass is 283 g/mol. The van der Waals surface area contributed by atoms with Crippen LogP contribution in [0.4, 0.5) is 5.95 Å². The lowest BCUT2D eigenvalue weighted by atomic mass is 9.85. The van der Waals surface area contributed by atoms with E-state index in [2.05, 4.69) is 20.3 Å². The molecule has 6 heteroatoms. The van der Waals surface area contributed by atoms with E-state index in [-0.39, 0.29) is 11.9 Å². The van der Waals surface area contributed by atoms with Crippen molar-refractivity contribution in [2.75, 3.05) is 12.3 Å². The molecule has 1 aliphatic rings. The van der Waals surface area contributed by atoms with Gasteiger partial charge in [-0.3, -0.25) is 4.79 Å². The number of anilines is 1. The summed E-state index contributed by atoms with van der Waals surface area (Å²) in [5, 5.41) is 2.94. The number of carbonyl (C=O) groups is 1. The van der Waals surface area contributed by atoms with Crippen molar-refractivity contribution in [3.63, 3.8) is 0 Å². The minimum Gasteiger partial charge on any atom is -0.368 e. The van der Waals surface area contributed by atoms with Crippen LogP contribution in [0.15, 0.2) is 30.6 Å². The Morgan fingerprint density at radius 3 is 2.71 bits per heavy atom. The second-order valence-corrected chi connectivity index (χ2v) is 5.24. The van der Waals surface area contributed by atoms with E-state index in [1.165, 1.54) is 19.3 Å². The van der Waals surface area contributed by atoms with Crippen molar-refractivity contribution < 1.29 is 4.79 Å². The Morgan fingerprint density at radius 1 is 1.29 bits per heavy atom. The molecule has 0 aliphatic heterocycles. The summed E-state index contributed by atoms with van der Waals surface area (Å²) in [6.45, 7) is 0.732. The molecular weight excluding hydrogens is 266 g/mol. The first kappa shape index (κ1) is 13.5. The van der Waals surface area contributed by atoms with E-state index < -0.39 is 0 Å². The molecule has 0 spiro atoms. The largest absolute Gasteiger partial charge is 0.368 e. The number of nitrogen functional groups attached to an aromatic ring is 1. The van der Waals surface area contributed by atoms with Gasteiger partial charge in [0.05, 0.1) is 5.69 Å². The highest BCUT2D eigenvalue weighted by Gasteiger charge is 2.18. The van der Waals surface area contributed by atoms with Crippen molar-refractivity contribution in [2.45, 2.75) is 19.3 Å². The maximum atomic E-state index is 12.1. The predicted molar refractivity (Wildman–Crippen MR) is 79.3 cm³/mol. The number of aromatic nitrogens is 3. The van der Waals surface area contributed by atoms with Gasteiger partial charge in [-0.25, -0.2) is 15.0 Å². The molecule has 0 radical (unpaired) electrons. The number of pyridine rings is 1. The topological polar surface area (TPSA) is 93.8 Å². The number of nitrogens with zero attached hydrogens (tertiary/aromatic N) is 3. The molecule has 0 unspecified atom stereocenters. The minimum absolute atomic E-state index is 0.139. The predicted octanol–water partition coefficient (Wildman–Crippen LogP) is 1.65. The first-order valence-corrected chi connectivity index (χ1v) is 7.05. The number of rotatable bonds is 4. The van der Waals surface area contributed by atoms with Crippen LogP contribution in [-0.4, -0.2) is 27.4 Å². The lowest BCUT2D eigenvalue weighted by Crippen LogP contribution is -2.32. The van der Waals surface area contributed by atoms with E-state index in [1.54, 1.807) is 24.5 Å². The van der Waals surface area contributed by atoms with Gasteiger partial charge < -0.3 is 11.1 Å². The number of hydrogen-bond donors (Lipinski definition) is 2. The van der Waals surface area contributed by atoms with E-state index in [9.17, 15) is 4.79 Å². The van der Waals surface area contributed by atoms with E-state index in [0.29, 0.717) is 17.3 Å². The van der Waals surface area contributed by atoms with Crippen LogP contribution in [0.3, 0.4) is 0 Å². The third-order valence-electron chi connectivity index (χ3n) is 3.73. The highest BCUT2D eigenvalue weighted by molar-refractivity contribution is 5.92. The number of nitrogens with two attached hydrogens (primary N) is 1. The summed E-state index contributed by atoms with van der Waals surface area (Å²) in [6.07, 6.45) is 6.87. The number of amides is 1. The Kier molecular flexibility index (Phi) is 3.77. The zero-order chi connectivity index (χ0) is 14.7. The Balaban J connectivity index is 1.72. The van der Waals surface area contributed by atoms with Crippen LogP contribution in [0, 0.1) is 5.92 Å². The summed E-state index contributed by atoms with van der Waals surface area (Å²) >= 11 is 0. The van der Waals surface area contributed by atoms with Gasteiger partial charge in [0.15, 0.2) is 0 Å². The molecule has 3 N–H and O–H groups in total. The second kappa shape index (κ2) is 5.87. The average Bonchev–Trinajstić information content (AvgIpc) is 2.46. The summed E-state index contributed by atoms with van der Waals surface area (Å²) < 4.78 is 0. The maximum absolute atomic E-state index is 12.1. The summed E-state index contributed by atoms with van der Waals surface area (Å²) in [4.78, 5) is 24.3. The van der Waals surface area contributed by atoms with Gasteiger partial charge in [0.2, 0.25) is 5.95 Å². The van der Waals surface area contributed by atoms with Crippen molar-refractivity contribution in [1.29, 1.82) is 0 Å². The van der Waals surface area contributed by atoms with Gasteiger partial charge in [0, 0.05) is 24.5 Å². The molecule has 0 atom stereocenters. The van der Waals surface area contributed by atoms with Crippen LogP contribution in [0.1, 0.15) is 29.8 Å². The lowest BCUT2D eigenvalue weighted by molar-refractivity contribution is 0.0934. The molecule has 21 heavy (non-hydrogen) atoms. The Morgan fingerprint density at radius 2 is 2.05 bits per heavy atom. The smallest absolute Gasteiger partial charge is 0.269 e. The maximum Gasteiger partial charge on any atom is 0.269 e. The first-order valence-electron chi connectivity index (χ1n) is 7.05. The number of hydrogen-bond acceptors (Lipinski definition) is 5. The standard InChI is InChI=1S/C15H17N5O/c16-15-18-8-11(9-19-15)12-5-2-6-13(20-12)14(21)17-7-10-3-1-4-10/h2,5-6,8-10H,1,3-4,7H2,(H,17,21)(H2,16,18,19). The number of carbonyl (C=O) groups excluding carboxylic acids is 1. The molecule has 0 saturated heterocycles. The fourth-order valence-corrected chi connectivity index (χ4v) is 2.22. The molecule has 108 valence electrons. The summed E-state index contributed by atoms with van der Waals surface area (Å²) in [7, 11) is 0. The molecular formula is C15H17N5O. The van der Waals surface area contributed by atoms with Gasteiger partial charge in [-0.05, 0) is 30.9 Å². The first-order chi connectivity index (χ1) is 10.2. The molecule has 2 aromatic rings. The molecule has 3 rings (SSSR count). The van der Waals surface area contributed by atoms with E-state index in [0.717, 1.165) is 12.1 Å². The molecule has 6 nitrogen and oxygen atoms in total. The van der Waals surface area contributed by atoms with Gasteiger partial charge in [0.25, 0.3) is 5.91 Å². The van der Waals surface area contributed by atoms with Crippen molar-refractivity contribution in [2.24, 2.45) is 5.92 Å². The SMILES string of the molecule is Nc1ncc(-c2cccc(C(=O)NCC3CCC3)n2)cn1. The highest BCUT2D eigenvalue weighted by atomic mass is 16.1. The van der Waals surface area contributed by atoms with Crippen LogP contribution in [0.2, 0.25) is 0 Å². The second-order valence-electron chi connectivity index (χ2n) is 5.24. The van der Waals surface area contributed by atoms with E-state index in [4.69, 9.17) is 5.73 Å². The third kappa shape index (κ3) is 3.16. The van der Waals surface area contributed by atoms with Crippen molar-refractivity contribution >= 4 is 11.9 Å². The molecule has 1 saturated carbocycles. The molecule has 0 bridgehead atoms. The van der Waals surface area contributed by atoms with Crippen LogP contribution < -0.4 is 11.1 Å². The number of nitrogens with one attached hydrogen (secondary N) is 1. The Hall–Kier alpha value is -2.50. The average molecular weight is 283 g/mol. The summed E-state index contributed by atoms with van der Waals surface area (Å²) in [6, 6.07) is 5.33. The highest BCUT2D eigenvalue weighted by Crippen LogP contribution is 2.25. The zero-order valence-corrected chi connectivity index (χ0v) is 11.6. The van der Waals surface area contributed by atoms with Crippen molar-refractivity contribution in [3.8, 4) is 11.3 Å². The quantitative estimate of drug-likeness (QED) is 0.889. The van der Waals surface area contributed by atoms with Gasteiger partial charge in [0.1, 0.15) is 5.69 Å². The molecule has 1 fully saturated rings. The Labute approximate surface area is 122 Å². The van der Waals surface area contributed by atoms with E-state index in [1.807, 2.05) is 6.07 Å². The zero-order valence-electron chi connectivity index (χ0n) is 11.6. The van der Waals surface area contributed by atoms with Gasteiger partial charge >= 0.3 is 0 Å². The molecule has 0 aromatic carbocycles. The molecule has 1 aliphatic carbocycles. The van der Waals surface area contributed by atoms with Gasteiger partial charge in [-0.2, -0.15) is 0 Å². The van der Waals surface area contributed by atoms with E-state index >= 15 is 0 Å². The van der Waals surface area contributed by atoms with Crippen molar-refractivity contribution in [3.05, 3.63) is 36.3 Å². The molecule has 2 aromatic heterocycles. The fraction of sp³-hybridized carbons (Fsp3) is 0.333. The van der Waals surface area contributed by atoms with Crippen LogP contribution in [-0.2, 0) is 0 Å². The fourth-order valence-electron chi connectivity index (χ4n) is 2.22. The minimum atomic E-state index is -0.139. The van der Waals surface area contributed by atoms with Crippen LogP contribution in [0.25, 0.3) is 11.3 Å². The van der Waals surface area contributed by atoms with Crippen LogP contribution >= 0.6 is 0 Å². The lowest BCUT2D eigenvalue weighted by Gasteiger charge is -2.25. The summed E-state index contributed by atoms with van der Waals surface area (Å²) in [5.41, 5.74) is 7.26. The third-order valence-corrected chi connectivity index (χ3v) is 3.73. The molecule has 1 amide bonds. The molecule has 2 heterocycles. The van der Waals surface area contributed by atoms with Crippen LogP contribution in [0.5, 0.6) is 0 Å². The van der Waals surface area contributed by atoms with Gasteiger partial charge in [-0.1, -0.05) is 12.5 Å². The normalized spacial score (nSPS) is 14.5. The van der Waals surface area contributed by atoms with Gasteiger partial charge in [-0.15, -0.1) is 0 Å². The van der Waals surface area contributed by atoms with Crippen molar-refractivity contribution in [1.82, 2.24) is 20.3 Å². The summed E-state index contributed by atoms with van der Waals surface area (Å²) in [5.74, 6) is 0.705. The Bertz CT molecular complexity index is 637.